The molecule has 0 bridgehead atoms. The number of nitrogens with two attached hydrogens (primary N) is 1. The van der Waals surface area contributed by atoms with Crippen LogP contribution in [0.2, 0.25) is 0 Å². The number of carboxylic acid groups (broad SMARTS) is 2. The van der Waals surface area contributed by atoms with Crippen LogP contribution >= 0.6 is 0 Å². The van der Waals surface area contributed by atoms with Gasteiger partial charge >= 0.3 is 35.8 Å². The van der Waals surface area contributed by atoms with Gasteiger partial charge in [0.25, 0.3) is 0 Å². The molecule has 0 fully saturated rings. The molecular formula is C35H34NO14-. The topological polar surface area (TPSA) is 235 Å². The molecule has 0 spiro atoms. The molecule has 0 saturated heterocycles. The van der Waals surface area contributed by atoms with Gasteiger partial charge in [0, 0.05) is 10.8 Å². The van der Waals surface area contributed by atoms with Gasteiger partial charge in [0.15, 0.2) is 0 Å². The number of hydrogen-bond acceptors (Lipinski definition) is 14. The van der Waals surface area contributed by atoms with Gasteiger partial charge < -0.3 is 38.8 Å². The molecule has 0 aliphatic rings. The van der Waals surface area contributed by atoms with Gasteiger partial charge in [0.05, 0.1) is 65.8 Å². The van der Waals surface area contributed by atoms with E-state index in [1.54, 1.807) is 27.7 Å². The summed E-state index contributed by atoms with van der Waals surface area (Å²) in [6, 6.07) is 13.7. The van der Waals surface area contributed by atoms with E-state index in [1.807, 2.05) is 0 Å². The predicted octanol–water partition coefficient (Wildman–Crippen LogP) is 2.86. The summed E-state index contributed by atoms with van der Waals surface area (Å²) in [7, 11) is 0. The van der Waals surface area contributed by atoms with E-state index in [-0.39, 0.29) is 59.8 Å². The molecule has 15 nitrogen and oxygen atoms in total. The second-order valence-electron chi connectivity index (χ2n) is 12.5. The Morgan fingerprint density at radius 2 is 0.880 bits per heavy atom. The van der Waals surface area contributed by atoms with Gasteiger partial charge in [-0.2, -0.15) is 5.90 Å². The Hall–Kier alpha value is -6.09. The van der Waals surface area contributed by atoms with Crippen LogP contribution in [0, 0.1) is 10.8 Å². The standard InChI is InChI=1S/C35H35NO14/c1-34(2,16-46-29(41)21-7-5-20(6-8-21)27(37)38)17-47-30(42)22-9-11-23(12-10-22)31(43)48-18-35(3,4)19-49-33(45)25-14-13-24(32(44)50-36)15-26(25)28(39)40/h5-15H,16-19,36H2,1-4H3,(H,37,38)(H,39,40)/p-1. The van der Waals surface area contributed by atoms with Crippen LogP contribution < -0.4 is 11.0 Å². The van der Waals surface area contributed by atoms with Gasteiger partial charge in [-0.3, -0.25) is 0 Å². The number of carbonyl (C=O) groups is 7. The molecule has 0 aromatic heterocycles. The molecule has 50 heavy (non-hydrogen) atoms. The zero-order valence-corrected chi connectivity index (χ0v) is 27.5. The zero-order valence-electron chi connectivity index (χ0n) is 27.5. The maximum Gasteiger partial charge on any atom is 0.356 e. The third kappa shape index (κ3) is 10.7. The van der Waals surface area contributed by atoms with E-state index < -0.39 is 58.2 Å². The van der Waals surface area contributed by atoms with E-state index >= 15 is 0 Å². The first-order chi connectivity index (χ1) is 23.4. The largest absolute Gasteiger partial charge is 0.545 e. The second-order valence-corrected chi connectivity index (χ2v) is 12.5. The summed E-state index contributed by atoms with van der Waals surface area (Å²) in [6.07, 6.45) is 0. The third-order valence-corrected chi connectivity index (χ3v) is 6.90. The van der Waals surface area contributed by atoms with Crippen LogP contribution in [0.4, 0.5) is 0 Å². The average Bonchev–Trinajstić information content (AvgIpc) is 3.10. The molecule has 3 aromatic rings. The van der Waals surface area contributed by atoms with Crippen molar-refractivity contribution in [3.8, 4) is 0 Å². The van der Waals surface area contributed by atoms with Crippen LogP contribution in [0.5, 0.6) is 0 Å². The monoisotopic (exact) mass is 692 g/mol. The molecule has 0 saturated carbocycles. The molecule has 264 valence electrons. The molecule has 3 aromatic carbocycles. The number of hydrogen-bond donors (Lipinski definition) is 2. The van der Waals surface area contributed by atoms with Crippen molar-refractivity contribution in [3.63, 3.8) is 0 Å². The molecule has 15 heteroatoms. The van der Waals surface area contributed by atoms with Crippen molar-refractivity contribution in [3.05, 3.63) is 106 Å². The molecule has 0 aliphatic carbocycles. The molecular weight excluding hydrogens is 658 g/mol. The molecule has 0 atom stereocenters. The number of esters is 4. The van der Waals surface area contributed by atoms with Gasteiger partial charge in [0.2, 0.25) is 0 Å². The van der Waals surface area contributed by atoms with Crippen molar-refractivity contribution in [2.75, 3.05) is 26.4 Å². The lowest BCUT2D eigenvalue weighted by Gasteiger charge is -2.24. The Kier molecular flexibility index (Phi) is 12.5. The van der Waals surface area contributed by atoms with E-state index in [1.165, 1.54) is 48.5 Å². The summed E-state index contributed by atoms with van der Waals surface area (Å²) in [4.78, 5) is 88.4. The van der Waals surface area contributed by atoms with Crippen LogP contribution in [0.25, 0.3) is 0 Å². The minimum Gasteiger partial charge on any atom is -0.545 e. The number of carboxylic acids is 2. The number of ether oxygens (including phenoxy) is 4. The molecule has 0 unspecified atom stereocenters. The van der Waals surface area contributed by atoms with Gasteiger partial charge in [-0.25, -0.2) is 28.8 Å². The first-order valence-electron chi connectivity index (χ1n) is 14.8. The third-order valence-electron chi connectivity index (χ3n) is 6.90. The lowest BCUT2D eigenvalue weighted by atomic mass is 9.96. The molecule has 0 radical (unpaired) electrons. The summed E-state index contributed by atoms with van der Waals surface area (Å²) in [5, 5.41) is 20.3. The number of carbonyl (C=O) groups excluding carboxylic acids is 6. The minimum absolute atomic E-state index is 0.0838. The van der Waals surface area contributed by atoms with Crippen molar-refractivity contribution in [1.29, 1.82) is 0 Å². The van der Waals surface area contributed by atoms with Crippen LogP contribution in [-0.2, 0) is 23.8 Å². The van der Waals surface area contributed by atoms with Crippen molar-refractivity contribution >= 4 is 41.8 Å². The maximum atomic E-state index is 12.7. The molecule has 3 rings (SSSR count). The van der Waals surface area contributed by atoms with Crippen molar-refractivity contribution < 1.29 is 67.6 Å². The Morgan fingerprint density at radius 3 is 1.22 bits per heavy atom. The van der Waals surface area contributed by atoms with E-state index in [2.05, 4.69) is 4.84 Å². The van der Waals surface area contributed by atoms with Crippen molar-refractivity contribution in [2.24, 2.45) is 16.7 Å². The number of benzene rings is 3. The first-order valence-corrected chi connectivity index (χ1v) is 14.8. The summed E-state index contributed by atoms with van der Waals surface area (Å²) in [6.45, 7) is 6.03. The van der Waals surface area contributed by atoms with E-state index in [4.69, 9.17) is 24.8 Å². The quantitative estimate of drug-likeness (QED) is 0.132. The van der Waals surface area contributed by atoms with Crippen molar-refractivity contribution in [2.45, 2.75) is 27.7 Å². The van der Waals surface area contributed by atoms with Crippen LogP contribution in [-0.4, -0.2) is 73.3 Å². The SMILES string of the molecule is CC(C)(COC(=O)c1ccc(C(=O)[O-])cc1)COC(=O)c1ccc(C(=O)OCC(C)(C)COC(=O)c2ccc(C(=O)ON)cc2C(=O)O)cc1. The summed E-state index contributed by atoms with van der Waals surface area (Å²) in [5.74, 6) is -2.11. The van der Waals surface area contributed by atoms with E-state index in [9.17, 15) is 43.8 Å². The van der Waals surface area contributed by atoms with Crippen LogP contribution in [0.3, 0.4) is 0 Å². The maximum absolute atomic E-state index is 12.7. The smallest absolute Gasteiger partial charge is 0.356 e. The van der Waals surface area contributed by atoms with Crippen LogP contribution in [0.1, 0.15) is 100 Å². The molecule has 0 aliphatic heterocycles. The fourth-order valence-electron chi connectivity index (χ4n) is 4.03. The highest BCUT2D eigenvalue weighted by atomic mass is 16.7. The summed E-state index contributed by atoms with van der Waals surface area (Å²) in [5.41, 5.74) is -2.34. The van der Waals surface area contributed by atoms with Gasteiger partial charge in [-0.15, -0.1) is 0 Å². The van der Waals surface area contributed by atoms with Gasteiger partial charge in [0.1, 0.15) is 0 Å². The summed E-state index contributed by atoms with van der Waals surface area (Å²) < 4.78 is 21.3. The highest BCUT2D eigenvalue weighted by Crippen LogP contribution is 2.22. The fraction of sp³-hybridized carbons (Fsp3) is 0.286. The fourth-order valence-corrected chi connectivity index (χ4v) is 4.03. The van der Waals surface area contributed by atoms with Gasteiger partial charge in [-0.1, -0.05) is 39.8 Å². The normalized spacial score (nSPS) is 11.1. The minimum atomic E-state index is -1.48. The number of aromatic carboxylic acids is 2. The first kappa shape index (κ1) is 38.4. The summed E-state index contributed by atoms with van der Waals surface area (Å²) >= 11 is 0. The number of rotatable bonds is 15. The lowest BCUT2D eigenvalue weighted by Crippen LogP contribution is -2.29. The Morgan fingerprint density at radius 1 is 0.540 bits per heavy atom. The lowest BCUT2D eigenvalue weighted by molar-refractivity contribution is -0.255. The Balaban J connectivity index is 1.48. The predicted molar refractivity (Wildman–Crippen MR) is 169 cm³/mol. The average molecular weight is 693 g/mol. The Labute approximate surface area is 285 Å². The van der Waals surface area contributed by atoms with E-state index in [0.717, 1.165) is 18.2 Å². The molecule has 0 heterocycles. The Bertz CT molecular complexity index is 1780. The highest BCUT2D eigenvalue weighted by molar-refractivity contribution is 6.04. The van der Waals surface area contributed by atoms with Gasteiger partial charge in [-0.05, 0) is 60.2 Å². The second kappa shape index (κ2) is 16.3. The zero-order chi connectivity index (χ0) is 37.2. The van der Waals surface area contributed by atoms with Crippen molar-refractivity contribution in [1.82, 2.24) is 0 Å². The molecule has 3 N–H and O–H groups in total. The van der Waals surface area contributed by atoms with E-state index in [0.29, 0.717) is 0 Å². The van der Waals surface area contributed by atoms with Crippen LogP contribution in [0.15, 0.2) is 66.7 Å². The molecule has 0 amide bonds. The highest BCUT2D eigenvalue weighted by Gasteiger charge is 2.27.